The number of anilines is 1. The summed E-state index contributed by atoms with van der Waals surface area (Å²) in [7, 11) is 0. The summed E-state index contributed by atoms with van der Waals surface area (Å²) in [5.74, 6) is -0.0787. The Bertz CT molecular complexity index is 1260. The summed E-state index contributed by atoms with van der Waals surface area (Å²) < 4.78 is 11.2. The summed E-state index contributed by atoms with van der Waals surface area (Å²) in [6.45, 7) is 1.88. The minimum absolute atomic E-state index is 0.100. The molecule has 1 N–H and O–H groups in total. The van der Waals surface area contributed by atoms with Gasteiger partial charge in [0.2, 0.25) is 5.76 Å². The van der Waals surface area contributed by atoms with Crippen molar-refractivity contribution in [2.45, 2.75) is 0 Å². The van der Waals surface area contributed by atoms with E-state index in [4.69, 9.17) is 9.15 Å². The monoisotopic (exact) mass is 428 g/mol. The highest BCUT2D eigenvalue weighted by Gasteiger charge is 2.27. The van der Waals surface area contributed by atoms with Crippen LogP contribution in [-0.4, -0.2) is 53.0 Å². The number of ether oxygens (including phenoxy) is 1. The average molecular weight is 428 g/mol. The number of furan rings is 1. The largest absolute Gasteiger partial charge is 0.449 e. The zero-order chi connectivity index (χ0) is 21.9. The van der Waals surface area contributed by atoms with E-state index in [0.29, 0.717) is 48.8 Å². The van der Waals surface area contributed by atoms with Gasteiger partial charge in [0.15, 0.2) is 5.82 Å². The van der Waals surface area contributed by atoms with Crippen LogP contribution in [0.15, 0.2) is 71.4 Å². The first-order chi connectivity index (χ1) is 15.7. The molecule has 32 heavy (non-hydrogen) atoms. The van der Waals surface area contributed by atoms with Gasteiger partial charge >= 0.3 is 0 Å². The van der Waals surface area contributed by atoms with Crippen LogP contribution in [0.2, 0.25) is 0 Å². The van der Waals surface area contributed by atoms with E-state index < -0.39 is 5.91 Å². The summed E-state index contributed by atoms with van der Waals surface area (Å²) in [5, 5.41) is 3.49. The molecule has 1 aliphatic heterocycles. The number of amides is 2. The van der Waals surface area contributed by atoms with E-state index in [2.05, 4.69) is 15.3 Å². The maximum Gasteiger partial charge on any atom is 0.291 e. The van der Waals surface area contributed by atoms with Crippen molar-refractivity contribution in [3.8, 4) is 11.4 Å². The van der Waals surface area contributed by atoms with E-state index in [0.717, 1.165) is 5.56 Å². The van der Waals surface area contributed by atoms with Crippen molar-refractivity contribution < 1.29 is 18.7 Å². The number of nitrogens with zero attached hydrogens (tertiary/aromatic N) is 3. The second kappa shape index (κ2) is 8.60. The second-order valence-electron chi connectivity index (χ2n) is 7.32. The van der Waals surface area contributed by atoms with Gasteiger partial charge in [-0.25, -0.2) is 9.97 Å². The number of fused-ring (bicyclic) bond motifs is 1. The molecule has 1 saturated heterocycles. The normalized spacial score (nSPS) is 13.8. The molecule has 2 aromatic carbocycles. The lowest BCUT2D eigenvalue weighted by atomic mass is 10.2. The van der Waals surface area contributed by atoms with Crippen molar-refractivity contribution in [2.75, 3.05) is 31.6 Å². The number of hydrogen-bond acceptors (Lipinski definition) is 6. The van der Waals surface area contributed by atoms with Crippen molar-refractivity contribution in [1.29, 1.82) is 0 Å². The van der Waals surface area contributed by atoms with Gasteiger partial charge in [-0.15, -0.1) is 0 Å². The van der Waals surface area contributed by atoms with E-state index in [-0.39, 0.29) is 17.2 Å². The number of nitrogens with one attached hydrogen (secondary N) is 1. The van der Waals surface area contributed by atoms with Gasteiger partial charge < -0.3 is 19.4 Å². The first kappa shape index (κ1) is 19.9. The predicted molar refractivity (Wildman–Crippen MR) is 118 cm³/mol. The molecule has 160 valence electrons. The van der Waals surface area contributed by atoms with Crippen molar-refractivity contribution in [2.24, 2.45) is 0 Å². The van der Waals surface area contributed by atoms with E-state index in [1.807, 2.05) is 42.5 Å². The second-order valence-corrected chi connectivity index (χ2v) is 7.32. The van der Waals surface area contributed by atoms with Gasteiger partial charge in [0, 0.05) is 36.4 Å². The maximum absolute atomic E-state index is 13.1. The number of para-hydroxylation sites is 1. The van der Waals surface area contributed by atoms with E-state index in [1.165, 1.54) is 12.4 Å². The van der Waals surface area contributed by atoms with Crippen LogP contribution in [0.25, 0.3) is 22.4 Å². The Kier molecular flexibility index (Phi) is 5.35. The standard InChI is InChI=1S/C24H20N4O4/c29-23(17-14-25-22(26-15-17)16-6-2-1-3-7-16)27-20-18-8-4-5-9-19(18)32-21(20)24(30)28-10-12-31-13-11-28/h1-9,14-15H,10-13H2,(H,27,29). The van der Waals surface area contributed by atoms with Gasteiger partial charge in [0.1, 0.15) is 11.3 Å². The Hall–Kier alpha value is -4.04. The lowest BCUT2D eigenvalue weighted by Gasteiger charge is -2.26. The third kappa shape index (κ3) is 3.83. The minimum atomic E-state index is -0.424. The summed E-state index contributed by atoms with van der Waals surface area (Å²) in [5.41, 5.74) is 2.00. The SMILES string of the molecule is O=C(Nc1c(C(=O)N2CCOCC2)oc2ccccc12)c1cnc(-c2ccccc2)nc1. The number of morpholine rings is 1. The minimum Gasteiger partial charge on any atom is -0.449 e. The molecule has 0 bridgehead atoms. The van der Waals surface area contributed by atoms with Crippen LogP contribution in [0, 0.1) is 0 Å². The summed E-state index contributed by atoms with van der Waals surface area (Å²) in [4.78, 5) is 36.4. The zero-order valence-electron chi connectivity index (χ0n) is 17.2. The quantitative estimate of drug-likeness (QED) is 0.533. The predicted octanol–water partition coefficient (Wildman–Crippen LogP) is 3.61. The van der Waals surface area contributed by atoms with Gasteiger partial charge in [-0.05, 0) is 12.1 Å². The molecule has 1 fully saturated rings. The molecule has 5 rings (SSSR count). The Morgan fingerprint density at radius 3 is 2.34 bits per heavy atom. The van der Waals surface area contributed by atoms with Crippen molar-refractivity contribution in [3.05, 3.63) is 78.3 Å². The molecule has 0 spiro atoms. The first-order valence-electron chi connectivity index (χ1n) is 10.3. The van der Waals surface area contributed by atoms with Crippen LogP contribution in [0.1, 0.15) is 20.9 Å². The molecule has 0 radical (unpaired) electrons. The fourth-order valence-corrected chi connectivity index (χ4v) is 3.60. The lowest BCUT2D eigenvalue weighted by Crippen LogP contribution is -2.40. The third-order valence-corrected chi connectivity index (χ3v) is 5.27. The van der Waals surface area contributed by atoms with Gasteiger partial charge in [0.25, 0.3) is 11.8 Å². The maximum atomic E-state index is 13.1. The number of carbonyl (C=O) groups excluding carboxylic acids is 2. The van der Waals surface area contributed by atoms with Crippen molar-refractivity contribution >= 4 is 28.5 Å². The number of carbonyl (C=O) groups is 2. The van der Waals surface area contributed by atoms with Gasteiger partial charge in [-0.1, -0.05) is 42.5 Å². The molecule has 8 heteroatoms. The fourth-order valence-electron chi connectivity index (χ4n) is 3.60. The van der Waals surface area contributed by atoms with Gasteiger partial charge in [0.05, 0.1) is 18.8 Å². The molecule has 1 aliphatic rings. The Labute approximate surface area is 183 Å². The van der Waals surface area contributed by atoms with Gasteiger partial charge in [-0.2, -0.15) is 0 Å². The summed E-state index contributed by atoms with van der Waals surface area (Å²) >= 11 is 0. The lowest BCUT2D eigenvalue weighted by molar-refractivity contribution is 0.0285. The van der Waals surface area contributed by atoms with Crippen LogP contribution < -0.4 is 5.32 Å². The molecule has 0 aliphatic carbocycles. The average Bonchev–Trinajstić information content (AvgIpc) is 3.23. The number of hydrogen-bond donors (Lipinski definition) is 1. The summed E-state index contributed by atoms with van der Waals surface area (Å²) in [6, 6.07) is 16.7. The molecule has 4 aromatic rings. The highest BCUT2D eigenvalue weighted by atomic mass is 16.5. The molecule has 0 atom stereocenters. The Balaban J connectivity index is 1.44. The van der Waals surface area contributed by atoms with Crippen LogP contribution in [0.5, 0.6) is 0 Å². The molecule has 8 nitrogen and oxygen atoms in total. The molecule has 2 aromatic heterocycles. The van der Waals surface area contributed by atoms with E-state index >= 15 is 0 Å². The molecule has 2 amide bonds. The van der Waals surface area contributed by atoms with E-state index in [1.54, 1.807) is 17.0 Å². The van der Waals surface area contributed by atoms with Crippen molar-refractivity contribution in [3.63, 3.8) is 0 Å². The van der Waals surface area contributed by atoms with Crippen LogP contribution >= 0.6 is 0 Å². The third-order valence-electron chi connectivity index (χ3n) is 5.27. The van der Waals surface area contributed by atoms with E-state index in [9.17, 15) is 9.59 Å². The Morgan fingerprint density at radius 2 is 1.59 bits per heavy atom. The topological polar surface area (TPSA) is 97.6 Å². The van der Waals surface area contributed by atoms with Crippen LogP contribution in [-0.2, 0) is 4.74 Å². The molecular formula is C24H20N4O4. The van der Waals surface area contributed by atoms with Crippen molar-refractivity contribution in [1.82, 2.24) is 14.9 Å². The smallest absolute Gasteiger partial charge is 0.291 e. The number of rotatable bonds is 4. The molecule has 0 saturated carbocycles. The summed E-state index contributed by atoms with van der Waals surface area (Å²) in [6.07, 6.45) is 2.94. The molecule has 0 unspecified atom stereocenters. The molecular weight excluding hydrogens is 408 g/mol. The first-order valence-corrected chi connectivity index (χ1v) is 10.3. The number of benzene rings is 2. The number of aromatic nitrogens is 2. The van der Waals surface area contributed by atoms with Crippen LogP contribution in [0.4, 0.5) is 5.69 Å². The van der Waals surface area contributed by atoms with Crippen LogP contribution in [0.3, 0.4) is 0 Å². The highest BCUT2D eigenvalue weighted by Crippen LogP contribution is 2.32. The highest BCUT2D eigenvalue weighted by molar-refractivity contribution is 6.14. The van der Waals surface area contributed by atoms with Gasteiger partial charge in [-0.3, -0.25) is 9.59 Å². The molecule has 3 heterocycles. The zero-order valence-corrected chi connectivity index (χ0v) is 17.2. The Morgan fingerprint density at radius 1 is 0.906 bits per heavy atom. The fraction of sp³-hybridized carbons (Fsp3) is 0.167.